The van der Waals surface area contributed by atoms with Crippen molar-refractivity contribution in [1.82, 2.24) is 4.98 Å². The SMILES string of the molecule is COc1ccc2nccc(C[C@H](N)C3CCCCO3)c2c1. The van der Waals surface area contributed by atoms with Gasteiger partial charge in [-0.1, -0.05) is 0 Å². The second-order valence-electron chi connectivity index (χ2n) is 5.63. The van der Waals surface area contributed by atoms with Gasteiger partial charge in [-0.05, 0) is 55.5 Å². The summed E-state index contributed by atoms with van der Waals surface area (Å²) in [5, 5.41) is 1.11. The average Bonchev–Trinajstić information content (AvgIpc) is 2.55. The molecule has 1 aliphatic rings. The molecule has 0 spiro atoms. The van der Waals surface area contributed by atoms with Crippen molar-refractivity contribution in [2.24, 2.45) is 5.73 Å². The van der Waals surface area contributed by atoms with Gasteiger partial charge in [-0.15, -0.1) is 0 Å². The lowest BCUT2D eigenvalue weighted by Gasteiger charge is -2.28. The summed E-state index contributed by atoms with van der Waals surface area (Å²) in [5.74, 6) is 0.847. The molecule has 4 nitrogen and oxygen atoms in total. The zero-order valence-corrected chi connectivity index (χ0v) is 12.4. The summed E-state index contributed by atoms with van der Waals surface area (Å²) >= 11 is 0. The molecule has 0 radical (unpaired) electrons. The smallest absolute Gasteiger partial charge is 0.119 e. The molecule has 1 fully saturated rings. The molecule has 112 valence electrons. The van der Waals surface area contributed by atoms with E-state index < -0.39 is 0 Å². The van der Waals surface area contributed by atoms with Crippen LogP contribution in [0.4, 0.5) is 0 Å². The Bertz CT molecular complexity index is 609. The van der Waals surface area contributed by atoms with Gasteiger partial charge in [0.05, 0.1) is 18.7 Å². The van der Waals surface area contributed by atoms with Crippen molar-refractivity contribution in [3.63, 3.8) is 0 Å². The van der Waals surface area contributed by atoms with Gasteiger partial charge in [-0.2, -0.15) is 0 Å². The molecule has 2 aromatic rings. The Balaban J connectivity index is 1.85. The average molecular weight is 286 g/mol. The predicted octanol–water partition coefficient (Wildman–Crippen LogP) is 2.68. The van der Waals surface area contributed by atoms with Gasteiger partial charge in [0.15, 0.2) is 0 Å². The first-order valence-electron chi connectivity index (χ1n) is 7.57. The molecule has 4 heteroatoms. The second-order valence-corrected chi connectivity index (χ2v) is 5.63. The van der Waals surface area contributed by atoms with Crippen LogP contribution in [0.5, 0.6) is 5.75 Å². The summed E-state index contributed by atoms with van der Waals surface area (Å²) < 4.78 is 11.1. The van der Waals surface area contributed by atoms with Crippen LogP contribution in [0.2, 0.25) is 0 Å². The number of hydrogen-bond acceptors (Lipinski definition) is 4. The maximum absolute atomic E-state index is 6.37. The number of aromatic nitrogens is 1. The minimum absolute atomic E-state index is 0.0297. The van der Waals surface area contributed by atoms with E-state index in [-0.39, 0.29) is 12.1 Å². The summed E-state index contributed by atoms with van der Waals surface area (Å²) in [6.07, 6.45) is 6.25. The fraction of sp³-hybridized carbons (Fsp3) is 0.471. The molecule has 1 saturated heterocycles. The number of methoxy groups -OCH3 is 1. The lowest BCUT2D eigenvalue weighted by Crippen LogP contribution is -2.40. The van der Waals surface area contributed by atoms with Crippen molar-refractivity contribution in [2.75, 3.05) is 13.7 Å². The van der Waals surface area contributed by atoms with Crippen LogP contribution in [0, 0.1) is 0 Å². The second kappa shape index (κ2) is 6.41. The predicted molar refractivity (Wildman–Crippen MR) is 83.6 cm³/mol. The summed E-state index contributed by atoms with van der Waals surface area (Å²) in [6.45, 7) is 0.837. The molecule has 0 saturated carbocycles. The van der Waals surface area contributed by atoms with E-state index in [4.69, 9.17) is 15.2 Å². The molecule has 1 aromatic heterocycles. The Labute approximate surface area is 125 Å². The van der Waals surface area contributed by atoms with Crippen LogP contribution >= 0.6 is 0 Å². The first-order chi connectivity index (χ1) is 10.3. The number of ether oxygens (including phenoxy) is 2. The Kier molecular flexibility index (Phi) is 4.36. The van der Waals surface area contributed by atoms with Gasteiger partial charge >= 0.3 is 0 Å². The number of benzene rings is 1. The molecule has 2 atom stereocenters. The first kappa shape index (κ1) is 14.3. The normalized spacial score (nSPS) is 20.4. The molecule has 1 aliphatic heterocycles. The molecular formula is C17H22N2O2. The number of pyridine rings is 1. The van der Waals surface area contributed by atoms with E-state index in [0.717, 1.165) is 42.5 Å². The van der Waals surface area contributed by atoms with Crippen molar-refractivity contribution < 1.29 is 9.47 Å². The van der Waals surface area contributed by atoms with Gasteiger partial charge in [0.25, 0.3) is 0 Å². The highest BCUT2D eigenvalue weighted by Crippen LogP contribution is 2.25. The number of rotatable bonds is 4. The molecular weight excluding hydrogens is 264 g/mol. The summed E-state index contributed by atoms with van der Waals surface area (Å²) in [5.41, 5.74) is 8.55. The van der Waals surface area contributed by atoms with Crippen molar-refractivity contribution in [3.05, 3.63) is 36.0 Å². The van der Waals surface area contributed by atoms with E-state index in [1.165, 1.54) is 12.0 Å². The van der Waals surface area contributed by atoms with Crippen LogP contribution in [0.1, 0.15) is 24.8 Å². The van der Waals surface area contributed by atoms with E-state index in [9.17, 15) is 0 Å². The Morgan fingerprint density at radius 1 is 1.38 bits per heavy atom. The molecule has 0 aliphatic carbocycles. The van der Waals surface area contributed by atoms with Crippen LogP contribution < -0.4 is 10.5 Å². The van der Waals surface area contributed by atoms with E-state index in [1.54, 1.807) is 7.11 Å². The highest BCUT2D eigenvalue weighted by molar-refractivity contribution is 5.83. The standard InChI is InChI=1S/C17H22N2O2/c1-20-13-5-6-16-14(11-13)12(7-8-19-16)10-15(18)17-4-2-3-9-21-17/h5-8,11,15,17H,2-4,9-10,18H2,1H3/t15-,17?/m0/s1. The number of hydrogen-bond donors (Lipinski definition) is 1. The maximum Gasteiger partial charge on any atom is 0.119 e. The highest BCUT2D eigenvalue weighted by atomic mass is 16.5. The zero-order valence-electron chi connectivity index (χ0n) is 12.4. The third kappa shape index (κ3) is 3.17. The quantitative estimate of drug-likeness (QED) is 0.939. The Morgan fingerprint density at radius 2 is 2.29 bits per heavy atom. The highest BCUT2D eigenvalue weighted by Gasteiger charge is 2.22. The van der Waals surface area contributed by atoms with E-state index >= 15 is 0 Å². The summed E-state index contributed by atoms with van der Waals surface area (Å²) in [7, 11) is 1.68. The number of nitrogens with two attached hydrogens (primary N) is 1. The third-order valence-electron chi connectivity index (χ3n) is 4.19. The van der Waals surface area contributed by atoms with Crippen LogP contribution in [-0.4, -0.2) is 30.8 Å². The monoisotopic (exact) mass is 286 g/mol. The van der Waals surface area contributed by atoms with Gasteiger partial charge in [0.2, 0.25) is 0 Å². The topological polar surface area (TPSA) is 57.4 Å². The van der Waals surface area contributed by atoms with Crippen LogP contribution in [0.15, 0.2) is 30.5 Å². The lowest BCUT2D eigenvalue weighted by molar-refractivity contribution is 0.000690. The van der Waals surface area contributed by atoms with Crippen LogP contribution in [-0.2, 0) is 11.2 Å². The minimum Gasteiger partial charge on any atom is -0.497 e. The molecule has 21 heavy (non-hydrogen) atoms. The van der Waals surface area contributed by atoms with Crippen molar-refractivity contribution in [2.45, 2.75) is 37.8 Å². The fourth-order valence-corrected chi connectivity index (χ4v) is 2.98. The van der Waals surface area contributed by atoms with Gasteiger partial charge in [0, 0.05) is 24.2 Å². The van der Waals surface area contributed by atoms with Gasteiger partial charge < -0.3 is 15.2 Å². The summed E-state index contributed by atoms with van der Waals surface area (Å²) in [4.78, 5) is 4.41. The first-order valence-corrected chi connectivity index (χ1v) is 7.57. The zero-order chi connectivity index (χ0) is 14.7. The van der Waals surface area contributed by atoms with E-state index in [2.05, 4.69) is 4.98 Å². The van der Waals surface area contributed by atoms with Crippen molar-refractivity contribution >= 4 is 10.9 Å². The Morgan fingerprint density at radius 3 is 3.05 bits per heavy atom. The number of nitrogens with zero attached hydrogens (tertiary/aromatic N) is 1. The largest absolute Gasteiger partial charge is 0.497 e. The Hall–Kier alpha value is -1.65. The molecule has 1 unspecified atom stereocenters. The lowest BCUT2D eigenvalue weighted by atomic mass is 9.95. The van der Waals surface area contributed by atoms with Crippen LogP contribution in [0.25, 0.3) is 10.9 Å². The van der Waals surface area contributed by atoms with E-state index in [1.807, 2.05) is 30.5 Å². The molecule has 3 rings (SSSR count). The molecule has 2 N–H and O–H groups in total. The fourth-order valence-electron chi connectivity index (χ4n) is 2.98. The molecule has 0 bridgehead atoms. The van der Waals surface area contributed by atoms with E-state index in [0.29, 0.717) is 0 Å². The maximum atomic E-state index is 6.37. The molecule has 2 heterocycles. The third-order valence-corrected chi connectivity index (χ3v) is 4.19. The van der Waals surface area contributed by atoms with Gasteiger partial charge in [0.1, 0.15) is 5.75 Å². The van der Waals surface area contributed by atoms with Gasteiger partial charge in [-0.25, -0.2) is 0 Å². The molecule has 1 aromatic carbocycles. The molecule has 0 amide bonds. The summed E-state index contributed by atoms with van der Waals surface area (Å²) in [6, 6.07) is 8.03. The minimum atomic E-state index is 0.0297. The van der Waals surface area contributed by atoms with Crippen molar-refractivity contribution in [1.29, 1.82) is 0 Å². The van der Waals surface area contributed by atoms with Crippen LogP contribution in [0.3, 0.4) is 0 Å². The van der Waals surface area contributed by atoms with Crippen molar-refractivity contribution in [3.8, 4) is 5.75 Å². The number of fused-ring (bicyclic) bond motifs is 1. The van der Waals surface area contributed by atoms with Gasteiger partial charge in [-0.3, -0.25) is 4.98 Å².